The summed E-state index contributed by atoms with van der Waals surface area (Å²) in [6.07, 6.45) is 5.01. The van der Waals surface area contributed by atoms with E-state index in [9.17, 15) is 14.4 Å². The lowest BCUT2D eigenvalue weighted by atomic mass is 9.43. The van der Waals surface area contributed by atoms with Crippen LogP contribution in [0.5, 0.6) is 0 Å². The molecule has 0 radical (unpaired) electrons. The zero-order valence-corrected chi connectivity index (χ0v) is 23.0. The third kappa shape index (κ3) is 4.22. The molecule has 4 saturated carbocycles. The summed E-state index contributed by atoms with van der Waals surface area (Å²) in [5, 5.41) is 0. The summed E-state index contributed by atoms with van der Waals surface area (Å²) in [7, 11) is 0. The zero-order chi connectivity index (χ0) is 26.7. The number of benzene rings is 1. The number of aromatic nitrogens is 1. The van der Waals surface area contributed by atoms with Gasteiger partial charge in [-0.1, -0.05) is 18.2 Å². The number of esters is 2. The minimum absolute atomic E-state index is 0.0104. The average Bonchev–Trinajstić information content (AvgIpc) is 3.13. The van der Waals surface area contributed by atoms with Gasteiger partial charge in [0.1, 0.15) is 0 Å². The number of aromatic amines is 1. The first-order valence-electron chi connectivity index (χ1n) is 13.7. The smallest absolute Gasteiger partial charge is 0.340 e. The van der Waals surface area contributed by atoms with Gasteiger partial charge < -0.3 is 14.5 Å². The molecule has 0 amide bonds. The van der Waals surface area contributed by atoms with Gasteiger partial charge >= 0.3 is 11.9 Å². The van der Waals surface area contributed by atoms with Crippen LogP contribution < -0.4 is 0 Å². The fourth-order valence-corrected chi connectivity index (χ4v) is 7.96. The van der Waals surface area contributed by atoms with Crippen LogP contribution >= 0.6 is 0 Å². The van der Waals surface area contributed by atoms with Crippen LogP contribution in [0.15, 0.2) is 18.2 Å². The first kappa shape index (κ1) is 25.7. The number of aryl methyl sites for hydroxylation is 3. The van der Waals surface area contributed by atoms with Crippen molar-refractivity contribution in [1.29, 1.82) is 0 Å². The molecule has 1 heterocycles. The molecule has 0 spiro atoms. The van der Waals surface area contributed by atoms with Gasteiger partial charge in [0.15, 0.2) is 6.10 Å². The number of carbonyl (C=O) groups excluding carboxylic acids is 3. The van der Waals surface area contributed by atoms with Gasteiger partial charge in [0.2, 0.25) is 5.78 Å². The number of carbonyl (C=O) groups is 3. The van der Waals surface area contributed by atoms with Gasteiger partial charge in [0.05, 0.1) is 23.3 Å². The van der Waals surface area contributed by atoms with Crippen molar-refractivity contribution in [2.24, 2.45) is 17.3 Å². The van der Waals surface area contributed by atoms with Gasteiger partial charge in [0.25, 0.3) is 0 Å². The largest absolute Gasteiger partial charge is 0.462 e. The standard InChI is InChI=1S/C31H39NO5/c1-7-36-28(34)25-19(4)26(32-20(25)5)27(33)21(6)37-29(35)31-14-22-11-23(15-31)13-30(12-22,16-31)24-9-8-17(2)18(3)10-24/h8-10,21-23,32H,7,11-16H2,1-6H3/t21-,22-,23+,30?,31?/m0/s1. The minimum atomic E-state index is -0.940. The molecule has 4 aliphatic carbocycles. The van der Waals surface area contributed by atoms with Crippen LogP contribution in [0.2, 0.25) is 0 Å². The summed E-state index contributed by atoms with van der Waals surface area (Å²) in [4.78, 5) is 42.6. The number of hydrogen-bond acceptors (Lipinski definition) is 5. The molecule has 4 bridgehead atoms. The lowest BCUT2D eigenvalue weighted by Gasteiger charge is -2.61. The highest BCUT2D eigenvalue weighted by molar-refractivity contribution is 6.04. The molecule has 6 rings (SSSR count). The highest BCUT2D eigenvalue weighted by Gasteiger charge is 2.62. The minimum Gasteiger partial charge on any atom is -0.462 e. The van der Waals surface area contributed by atoms with Gasteiger partial charge in [-0.2, -0.15) is 0 Å². The molecule has 6 nitrogen and oxygen atoms in total. The highest BCUT2D eigenvalue weighted by Crippen LogP contribution is 2.66. The topological polar surface area (TPSA) is 85.5 Å². The molecular weight excluding hydrogens is 466 g/mol. The normalized spacial score (nSPS) is 28.7. The van der Waals surface area contributed by atoms with Gasteiger partial charge in [0, 0.05) is 5.69 Å². The van der Waals surface area contributed by atoms with E-state index in [2.05, 4.69) is 37.0 Å². The highest BCUT2D eigenvalue weighted by atomic mass is 16.5. The van der Waals surface area contributed by atoms with Crippen LogP contribution in [0.4, 0.5) is 0 Å². The van der Waals surface area contributed by atoms with E-state index in [4.69, 9.17) is 9.47 Å². The Bertz CT molecular complexity index is 1260. The maximum absolute atomic E-state index is 13.8. The predicted molar refractivity (Wildman–Crippen MR) is 141 cm³/mol. The van der Waals surface area contributed by atoms with Crippen LogP contribution in [0.3, 0.4) is 0 Å². The summed E-state index contributed by atoms with van der Waals surface area (Å²) >= 11 is 0. The number of ether oxygens (including phenoxy) is 2. The second-order valence-electron chi connectivity index (χ2n) is 12.1. The maximum atomic E-state index is 13.8. The maximum Gasteiger partial charge on any atom is 0.340 e. The molecule has 1 aromatic heterocycles. The molecule has 1 N–H and O–H groups in total. The molecule has 1 aromatic carbocycles. The monoisotopic (exact) mass is 505 g/mol. The van der Waals surface area contributed by atoms with Crippen molar-refractivity contribution in [3.05, 3.63) is 57.4 Å². The number of ketones is 1. The van der Waals surface area contributed by atoms with Crippen LogP contribution in [-0.2, 0) is 19.7 Å². The first-order chi connectivity index (χ1) is 17.5. The van der Waals surface area contributed by atoms with Crippen molar-refractivity contribution in [2.75, 3.05) is 6.61 Å². The van der Waals surface area contributed by atoms with Crippen molar-refractivity contribution in [1.82, 2.24) is 4.98 Å². The van der Waals surface area contributed by atoms with Crippen LogP contribution in [0, 0.1) is 44.9 Å². The molecular formula is C31H39NO5. The van der Waals surface area contributed by atoms with E-state index in [1.54, 1.807) is 27.7 Å². The number of hydrogen-bond donors (Lipinski definition) is 1. The molecule has 5 atom stereocenters. The lowest BCUT2D eigenvalue weighted by molar-refractivity contribution is -0.176. The Balaban J connectivity index is 1.37. The Morgan fingerprint density at radius 2 is 1.70 bits per heavy atom. The van der Waals surface area contributed by atoms with Crippen molar-refractivity contribution < 1.29 is 23.9 Å². The van der Waals surface area contributed by atoms with Crippen LogP contribution in [-0.4, -0.2) is 35.4 Å². The van der Waals surface area contributed by atoms with Gasteiger partial charge in [-0.25, -0.2) is 4.79 Å². The van der Waals surface area contributed by atoms with Crippen LogP contribution in [0.25, 0.3) is 0 Å². The Labute approximate surface area is 219 Å². The van der Waals surface area contributed by atoms with E-state index in [0.29, 0.717) is 34.4 Å². The second-order valence-corrected chi connectivity index (χ2v) is 12.1. The summed E-state index contributed by atoms with van der Waals surface area (Å²) in [5.74, 6) is 0.0201. The molecule has 198 valence electrons. The first-order valence-corrected chi connectivity index (χ1v) is 13.7. The van der Waals surface area contributed by atoms with E-state index < -0.39 is 17.5 Å². The average molecular weight is 506 g/mol. The predicted octanol–water partition coefficient (Wildman–Crippen LogP) is 6.08. The molecule has 4 fully saturated rings. The fraction of sp³-hybridized carbons (Fsp3) is 0.581. The van der Waals surface area contributed by atoms with Gasteiger partial charge in [-0.05, 0) is 120 Å². The summed E-state index contributed by atoms with van der Waals surface area (Å²) in [6.45, 7) is 11.4. The van der Waals surface area contributed by atoms with Crippen LogP contribution in [0.1, 0.15) is 101 Å². The lowest BCUT2D eigenvalue weighted by Crippen LogP contribution is -2.57. The Morgan fingerprint density at radius 1 is 1.03 bits per heavy atom. The van der Waals surface area contributed by atoms with Gasteiger partial charge in [-0.3, -0.25) is 9.59 Å². The molecule has 6 heteroatoms. The molecule has 37 heavy (non-hydrogen) atoms. The third-order valence-electron chi connectivity index (χ3n) is 9.43. The van der Waals surface area contributed by atoms with Crippen molar-refractivity contribution >= 4 is 17.7 Å². The Hall–Kier alpha value is -2.89. The Morgan fingerprint density at radius 3 is 2.32 bits per heavy atom. The second kappa shape index (κ2) is 9.14. The van der Waals surface area contributed by atoms with E-state index in [1.807, 2.05) is 0 Å². The van der Waals surface area contributed by atoms with E-state index in [-0.39, 0.29) is 23.8 Å². The molecule has 0 saturated heterocycles. The molecule has 0 aliphatic heterocycles. The Kier molecular flexibility index (Phi) is 6.36. The van der Waals surface area contributed by atoms with E-state index >= 15 is 0 Å². The number of H-pyrrole nitrogens is 1. The molecule has 2 aromatic rings. The molecule has 4 aliphatic rings. The number of nitrogens with one attached hydrogen (secondary N) is 1. The SMILES string of the molecule is CCOC(=O)c1c(C)[nH]c(C(=O)[C@H](C)OC(=O)C23C[C@H]4C[C@@H](C2)CC(c2ccc(C)c(C)c2)(C4)C3)c1C. The third-order valence-corrected chi connectivity index (χ3v) is 9.43. The van der Waals surface area contributed by atoms with Gasteiger partial charge in [-0.15, -0.1) is 0 Å². The van der Waals surface area contributed by atoms with Crippen molar-refractivity contribution in [3.8, 4) is 0 Å². The van der Waals surface area contributed by atoms with Crippen molar-refractivity contribution in [3.63, 3.8) is 0 Å². The molecule has 2 unspecified atom stereocenters. The number of rotatable bonds is 7. The fourth-order valence-electron chi connectivity index (χ4n) is 7.96. The summed E-state index contributed by atoms with van der Waals surface area (Å²) in [5.41, 5.74) is 5.21. The quantitative estimate of drug-likeness (QED) is 0.364. The zero-order valence-electron chi connectivity index (χ0n) is 23.0. The van der Waals surface area contributed by atoms with E-state index in [0.717, 1.165) is 32.1 Å². The van der Waals surface area contributed by atoms with E-state index in [1.165, 1.54) is 23.1 Å². The number of Topliss-reactive ketones (excluding diaryl/α,β-unsaturated/α-hetero) is 1. The summed E-state index contributed by atoms with van der Waals surface area (Å²) in [6, 6.07) is 6.80. The van der Waals surface area contributed by atoms with Crippen molar-refractivity contribution in [2.45, 2.75) is 91.6 Å². The summed E-state index contributed by atoms with van der Waals surface area (Å²) < 4.78 is 11.1.